The lowest BCUT2D eigenvalue weighted by Crippen LogP contribution is -2.26. The van der Waals surface area contributed by atoms with Gasteiger partial charge >= 0.3 is 0 Å². The first-order valence-electron chi connectivity index (χ1n) is 8.19. The van der Waals surface area contributed by atoms with Crippen LogP contribution in [0.3, 0.4) is 0 Å². The highest BCUT2D eigenvalue weighted by molar-refractivity contribution is 5.92. The van der Waals surface area contributed by atoms with E-state index in [4.69, 9.17) is 4.74 Å². The van der Waals surface area contributed by atoms with E-state index < -0.39 is 0 Å². The second kappa shape index (κ2) is 7.30. The first kappa shape index (κ1) is 17.7. The van der Waals surface area contributed by atoms with Crippen LogP contribution in [0.2, 0.25) is 0 Å². The standard InChI is InChI=1S/C18H27FN2O2/c1-13-10-14(21-6-5-8-23-9-7-21)11-15(19)17(13)20-16(22)12-18(2,3)4/h10-11H,5-9,12H2,1-4H3,(H,20,22). The summed E-state index contributed by atoms with van der Waals surface area (Å²) >= 11 is 0. The van der Waals surface area contributed by atoms with E-state index in [0.717, 1.165) is 37.4 Å². The van der Waals surface area contributed by atoms with Crippen LogP contribution in [0.5, 0.6) is 0 Å². The number of nitrogens with one attached hydrogen (secondary N) is 1. The summed E-state index contributed by atoms with van der Waals surface area (Å²) in [4.78, 5) is 14.2. The second-order valence-electron chi connectivity index (χ2n) is 7.36. The lowest BCUT2D eigenvalue weighted by atomic mass is 9.92. The quantitative estimate of drug-likeness (QED) is 0.922. The zero-order valence-electron chi connectivity index (χ0n) is 14.5. The maximum atomic E-state index is 14.5. The third-order valence-corrected chi connectivity index (χ3v) is 3.81. The molecule has 23 heavy (non-hydrogen) atoms. The van der Waals surface area contributed by atoms with E-state index in [2.05, 4.69) is 10.2 Å². The fraction of sp³-hybridized carbons (Fsp3) is 0.611. The summed E-state index contributed by atoms with van der Waals surface area (Å²) < 4.78 is 19.9. The van der Waals surface area contributed by atoms with E-state index in [1.54, 1.807) is 0 Å². The molecule has 1 heterocycles. The van der Waals surface area contributed by atoms with Gasteiger partial charge in [-0.05, 0) is 36.5 Å². The van der Waals surface area contributed by atoms with Crippen LogP contribution in [0, 0.1) is 18.2 Å². The van der Waals surface area contributed by atoms with E-state index in [-0.39, 0.29) is 22.8 Å². The Morgan fingerprint density at radius 3 is 2.70 bits per heavy atom. The molecular weight excluding hydrogens is 295 g/mol. The largest absolute Gasteiger partial charge is 0.380 e. The molecule has 0 unspecified atom stereocenters. The third kappa shape index (κ3) is 5.20. The summed E-state index contributed by atoms with van der Waals surface area (Å²) in [6, 6.07) is 3.44. The van der Waals surface area contributed by atoms with Crippen LogP contribution >= 0.6 is 0 Å². The Hall–Kier alpha value is -1.62. The molecule has 0 aromatic heterocycles. The maximum Gasteiger partial charge on any atom is 0.224 e. The van der Waals surface area contributed by atoms with Gasteiger partial charge in [0.2, 0.25) is 5.91 Å². The van der Waals surface area contributed by atoms with Gasteiger partial charge in [0.05, 0.1) is 12.3 Å². The first-order chi connectivity index (χ1) is 10.8. The fourth-order valence-electron chi connectivity index (χ4n) is 2.74. The number of amides is 1. The zero-order chi connectivity index (χ0) is 17.0. The Morgan fingerprint density at radius 2 is 2.04 bits per heavy atom. The number of aryl methyl sites for hydroxylation is 1. The lowest BCUT2D eigenvalue weighted by molar-refractivity contribution is -0.117. The van der Waals surface area contributed by atoms with Crippen LogP contribution in [-0.4, -0.2) is 32.2 Å². The van der Waals surface area contributed by atoms with Crippen molar-refractivity contribution in [2.75, 3.05) is 36.5 Å². The molecule has 1 amide bonds. The molecule has 1 aromatic rings. The second-order valence-corrected chi connectivity index (χ2v) is 7.36. The number of halogens is 1. The average molecular weight is 322 g/mol. The van der Waals surface area contributed by atoms with Crippen LogP contribution in [0.25, 0.3) is 0 Å². The third-order valence-electron chi connectivity index (χ3n) is 3.81. The molecular formula is C18H27FN2O2. The van der Waals surface area contributed by atoms with Crippen molar-refractivity contribution in [3.63, 3.8) is 0 Å². The van der Waals surface area contributed by atoms with E-state index in [0.29, 0.717) is 13.0 Å². The Bertz CT molecular complexity index is 536. The molecule has 0 aliphatic carbocycles. The molecule has 1 saturated heterocycles. The molecule has 0 spiro atoms. The summed E-state index contributed by atoms with van der Waals surface area (Å²) in [5.41, 5.74) is 1.75. The predicted octanol–water partition coefficient (Wildman–Crippen LogP) is 3.74. The van der Waals surface area contributed by atoms with Crippen LogP contribution < -0.4 is 10.2 Å². The summed E-state index contributed by atoms with van der Waals surface area (Å²) in [5, 5.41) is 2.72. The number of nitrogens with zero attached hydrogens (tertiary/aromatic N) is 1. The number of hydrogen-bond acceptors (Lipinski definition) is 3. The Labute approximate surface area is 138 Å². The van der Waals surface area contributed by atoms with Crippen molar-refractivity contribution in [3.8, 4) is 0 Å². The van der Waals surface area contributed by atoms with Gasteiger partial charge in [0, 0.05) is 31.8 Å². The molecule has 1 aliphatic heterocycles. The molecule has 0 saturated carbocycles. The van der Waals surface area contributed by atoms with Crippen molar-refractivity contribution >= 4 is 17.3 Å². The van der Waals surface area contributed by atoms with Crippen molar-refractivity contribution in [2.45, 2.75) is 40.5 Å². The predicted molar refractivity (Wildman–Crippen MR) is 91.5 cm³/mol. The number of carbonyl (C=O) groups is 1. The number of benzene rings is 1. The van der Waals surface area contributed by atoms with Gasteiger partial charge in [0.25, 0.3) is 0 Å². The molecule has 1 fully saturated rings. The van der Waals surface area contributed by atoms with Gasteiger partial charge in [-0.3, -0.25) is 4.79 Å². The monoisotopic (exact) mass is 322 g/mol. The average Bonchev–Trinajstić information content (AvgIpc) is 2.69. The highest BCUT2D eigenvalue weighted by Gasteiger charge is 2.19. The smallest absolute Gasteiger partial charge is 0.224 e. The number of anilines is 2. The maximum absolute atomic E-state index is 14.5. The summed E-state index contributed by atoms with van der Waals surface area (Å²) in [6.07, 6.45) is 1.29. The molecule has 4 nitrogen and oxygen atoms in total. The topological polar surface area (TPSA) is 41.6 Å². The van der Waals surface area contributed by atoms with Crippen molar-refractivity contribution in [3.05, 3.63) is 23.5 Å². The van der Waals surface area contributed by atoms with Crippen molar-refractivity contribution < 1.29 is 13.9 Å². The highest BCUT2D eigenvalue weighted by atomic mass is 19.1. The highest BCUT2D eigenvalue weighted by Crippen LogP contribution is 2.28. The number of carbonyl (C=O) groups excluding carboxylic acids is 1. The normalized spacial score (nSPS) is 16.1. The van der Waals surface area contributed by atoms with Crippen LogP contribution in [0.4, 0.5) is 15.8 Å². The van der Waals surface area contributed by atoms with Crippen LogP contribution in [0.1, 0.15) is 39.2 Å². The zero-order valence-corrected chi connectivity index (χ0v) is 14.5. The lowest BCUT2D eigenvalue weighted by Gasteiger charge is -2.24. The molecule has 0 bridgehead atoms. The Morgan fingerprint density at radius 1 is 1.30 bits per heavy atom. The van der Waals surface area contributed by atoms with Gasteiger partial charge in [0.1, 0.15) is 5.82 Å². The summed E-state index contributed by atoms with van der Waals surface area (Å²) in [6.45, 7) is 10.8. The summed E-state index contributed by atoms with van der Waals surface area (Å²) in [7, 11) is 0. The molecule has 0 radical (unpaired) electrons. The van der Waals surface area contributed by atoms with Crippen LogP contribution in [-0.2, 0) is 9.53 Å². The van der Waals surface area contributed by atoms with Gasteiger partial charge in [-0.2, -0.15) is 0 Å². The van der Waals surface area contributed by atoms with Gasteiger partial charge < -0.3 is 15.0 Å². The first-order valence-corrected chi connectivity index (χ1v) is 8.19. The van der Waals surface area contributed by atoms with Crippen molar-refractivity contribution in [1.82, 2.24) is 0 Å². The Balaban J connectivity index is 2.15. The van der Waals surface area contributed by atoms with Crippen LogP contribution in [0.15, 0.2) is 12.1 Å². The molecule has 1 N–H and O–H groups in total. The molecule has 2 rings (SSSR count). The minimum absolute atomic E-state index is 0.125. The molecule has 5 heteroatoms. The number of ether oxygens (including phenoxy) is 1. The molecule has 1 aliphatic rings. The van der Waals surface area contributed by atoms with Gasteiger partial charge in [-0.25, -0.2) is 4.39 Å². The van der Waals surface area contributed by atoms with E-state index in [1.165, 1.54) is 6.07 Å². The van der Waals surface area contributed by atoms with Crippen molar-refractivity contribution in [1.29, 1.82) is 0 Å². The Kier molecular flexibility index (Phi) is 5.63. The van der Waals surface area contributed by atoms with E-state index in [9.17, 15) is 9.18 Å². The number of rotatable bonds is 3. The van der Waals surface area contributed by atoms with Gasteiger partial charge in [-0.15, -0.1) is 0 Å². The van der Waals surface area contributed by atoms with Gasteiger partial charge in [0.15, 0.2) is 0 Å². The van der Waals surface area contributed by atoms with Gasteiger partial charge in [-0.1, -0.05) is 20.8 Å². The SMILES string of the molecule is Cc1cc(N2CCCOCC2)cc(F)c1NC(=O)CC(C)(C)C. The molecule has 1 aromatic carbocycles. The fourth-order valence-corrected chi connectivity index (χ4v) is 2.74. The minimum Gasteiger partial charge on any atom is -0.380 e. The molecule has 0 atom stereocenters. The van der Waals surface area contributed by atoms with E-state index in [1.807, 2.05) is 33.8 Å². The minimum atomic E-state index is -0.382. The van der Waals surface area contributed by atoms with Crippen molar-refractivity contribution in [2.24, 2.45) is 5.41 Å². The molecule has 128 valence electrons. The number of hydrogen-bond donors (Lipinski definition) is 1. The summed E-state index contributed by atoms with van der Waals surface area (Å²) in [5.74, 6) is -0.539. The van der Waals surface area contributed by atoms with E-state index >= 15 is 0 Å².